The van der Waals surface area contributed by atoms with Crippen LogP contribution < -0.4 is 10.6 Å². The van der Waals surface area contributed by atoms with Gasteiger partial charge in [0.1, 0.15) is 23.9 Å². The number of carboxylic acid groups (broad SMARTS) is 1. The molecule has 2 amide bonds. The Morgan fingerprint density at radius 1 is 1.07 bits per heavy atom. The van der Waals surface area contributed by atoms with E-state index in [9.17, 15) is 24.3 Å². The fourth-order valence-electron chi connectivity index (χ4n) is 2.52. The molecular weight excluding hydrogens is 392 g/mol. The summed E-state index contributed by atoms with van der Waals surface area (Å²) in [6.45, 7) is 9.51. The van der Waals surface area contributed by atoms with Crippen molar-refractivity contribution in [3.05, 3.63) is 29.3 Å². The molecule has 0 aliphatic rings. The van der Waals surface area contributed by atoms with E-state index in [1.807, 2.05) is 0 Å². The molecule has 0 saturated carbocycles. The Bertz CT molecular complexity index is 820. The fraction of sp³-hybridized carbons (Fsp3) is 0.524. The minimum atomic E-state index is -1.24. The number of carbonyl (C=O) groups is 4. The van der Waals surface area contributed by atoms with Gasteiger partial charge in [-0.05, 0) is 38.5 Å². The number of Topliss-reactive ketones (excluding diaryl/α,β-unsaturated/α-hetero) is 1. The van der Waals surface area contributed by atoms with E-state index >= 15 is 0 Å². The number of benzene rings is 1. The first kappa shape index (κ1) is 24.9. The summed E-state index contributed by atoms with van der Waals surface area (Å²) >= 11 is 0. The van der Waals surface area contributed by atoms with E-state index in [0.29, 0.717) is 5.56 Å². The van der Waals surface area contributed by atoms with Crippen LogP contribution in [0.4, 0.5) is 4.79 Å². The fourth-order valence-corrected chi connectivity index (χ4v) is 2.52. The Hall–Kier alpha value is -3.10. The van der Waals surface area contributed by atoms with Gasteiger partial charge in [0.25, 0.3) is 0 Å². The van der Waals surface area contributed by atoms with Crippen LogP contribution >= 0.6 is 0 Å². The number of ether oxygens (including phenoxy) is 1. The molecule has 9 heteroatoms. The maximum atomic E-state index is 12.8. The second-order valence-electron chi connectivity index (χ2n) is 8.94. The largest absolute Gasteiger partial charge is 0.508 e. The number of aliphatic carboxylic acids is 1. The molecule has 0 heterocycles. The Balaban J connectivity index is 3.23. The third-order valence-corrected chi connectivity index (χ3v) is 3.86. The lowest BCUT2D eigenvalue weighted by Crippen LogP contribution is -2.50. The lowest BCUT2D eigenvalue weighted by Gasteiger charge is -2.24. The zero-order valence-corrected chi connectivity index (χ0v) is 18.2. The molecule has 0 saturated heterocycles. The van der Waals surface area contributed by atoms with Gasteiger partial charge in [-0.25, -0.2) is 4.79 Å². The molecule has 0 aliphatic heterocycles. The van der Waals surface area contributed by atoms with E-state index in [-0.39, 0.29) is 23.5 Å². The monoisotopic (exact) mass is 422 g/mol. The van der Waals surface area contributed by atoms with Gasteiger partial charge in [0.05, 0.1) is 0 Å². The smallest absolute Gasteiger partial charge is 0.408 e. The number of carboxylic acids is 1. The zero-order valence-electron chi connectivity index (χ0n) is 18.2. The summed E-state index contributed by atoms with van der Waals surface area (Å²) in [5, 5.41) is 23.3. The molecule has 30 heavy (non-hydrogen) atoms. The number of carbonyl (C=O) groups excluding carboxylic acids is 3. The predicted octanol–water partition coefficient (Wildman–Crippen LogP) is 2.26. The average Bonchev–Trinajstić information content (AvgIpc) is 2.57. The molecule has 166 valence electrons. The summed E-state index contributed by atoms with van der Waals surface area (Å²) in [6.07, 6.45) is -0.970. The highest BCUT2D eigenvalue weighted by atomic mass is 16.6. The summed E-state index contributed by atoms with van der Waals surface area (Å²) in [5.41, 5.74) is -0.927. The van der Waals surface area contributed by atoms with Crippen molar-refractivity contribution in [3.8, 4) is 5.75 Å². The summed E-state index contributed by atoms with van der Waals surface area (Å²) < 4.78 is 5.18. The third kappa shape index (κ3) is 8.10. The first-order valence-electron chi connectivity index (χ1n) is 9.46. The van der Waals surface area contributed by atoms with Crippen molar-refractivity contribution < 1.29 is 34.1 Å². The number of hydrogen-bond acceptors (Lipinski definition) is 6. The Labute approximate surface area is 175 Å². The van der Waals surface area contributed by atoms with E-state index in [0.717, 1.165) is 0 Å². The van der Waals surface area contributed by atoms with Gasteiger partial charge in [0, 0.05) is 17.4 Å². The summed E-state index contributed by atoms with van der Waals surface area (Å²) in [4.78, 5) is 48.3. The number of phenols is 1. The van der Waals surface area contributed by atoms with Crippen LogP contribution in [0.1, 0.15) is 57.5 Å². The minimum Gasteiger partial charge on any atom is -0.508 e. The first-order valence-corrected chi connectivity index (χ1v) is 9.46. The molecule has 0 aliphatic carbocycles. The first-order chi connectivity index (χ1) is 13.6. The molecule has 9 nitrogen and oxygen atoms in total. The van der Waals surface area contributed by atoms with Crippen molar-refractivity contribution in [2.45, 2.75) is 59.6 Å². The topological polar surface area (TPSA) is 142 Å². The van der Waals surface area contributed by atoms with Crippen LogP contribution in [0.5, 0.6) is 5.75 Å². The van der Waals surface area contributed by atoms with Gasteiger partial charge in [0.2, 0.25) is 5.91 Å². The van der Waals surface area contributed by atoms with Crippen LogP contribution in [0, 0.1) is 5.41 Å². The van der Waals surface area contributed by atoms with Crippen LogP contribution in [-0.4, -0.2) is 52.2 Å². The normalized spacial score (nSPS) is 12.6. The molecule has 0 bridgehead atoms. The Morgan fingerprint density at radius 2 is 1.67 bits per heavy atom. The molecule has 0 unspecified atom stereocenters. The lowest BCUT2D eigenvalue weighted by molar-refractivity contribution is -0.138. The van der Waals surface area contributed by atoms with Crippen molar-refractivity contribution in [1.29, 1.82) is 0 Å². The minimum absolute atomic E-state index is 0.109. The molecule has 1 aromatic rings. The summed E-state index contributed by atoms with van der Waals surface area (Å²) in [6, 6.07) is 2.97. The third-order valence-electron chi connectivity index (χ3n) is 3.86. The molecule has 0 radical (unpaired) electrons. The van der Waals surface area contributed by atoms with Crippen molar-refractivity contribution in [2.24, 2.45) is 5.41 Å². The van der Waals surface area contributed by atoms with Crippen molar-refractivity contribution in [3.63, 3.8) is 0 Å². The number of ketones is 1. The van der Waals surface area contributed by atoms with Crippen LogP contribution in [0.15, 0.2) is 18.2 Å². The number of rotatable bonds is 7. The van der Waals surface area contributed by atoms with Crippen molar-refractivity contribution in [2.75, 3.05) is 6.54 Å². The van der Waals surface area contributed by atoms with Crippen molar-refractivity contribution in [1.82, 2.24) is 10.6 Å². The van der Waals surface area contributed by atoms with E-state index in [1.165, 1.54) is 18.2 Å². The highest BCUT2D eigenvalue weighted by Crippen LogP contribution is 2.27. The Kier molecular flexibility index (Phi) is 7.98. The number of hydrogen-bond donors (Lipinski definition) is 4. The van der Waals surface area contributed by atoms with Gasteiger partial charge in [0.15, 0.2) is 5.78 Å². The van der Waals surface area contributed by atoms with E-state index in [4.69, 9.17) is 9.84 Å². The molecule has 1 aromatic carbocycles. The molecular formula is C21H30N2O7. The molecule has 0 aromatic heterocycles. The van der Waals surface area contributed by atoms with E-state index in [1.54, 1.807) is 41.5 Å². The van der Waals surface area contributed by atoms with Crippen LogP contribution in [0.3, 0.4) is 0 Å². The van der Waals surface area contributed by atoms with Crippen LogP contribution in [-0.2, 0) is 20.7 Å². The summed E-state index contributed by atoms with van der Waals surface area (Å²) in [5.74, 6) is -2.35. The highest BCUT2D eigenvalue weighted by Gasteiger charge is 2.29. The molecule has 1 atom stereocenters. The highest BCUT2D eigenvalue weighted by molar-refractivity contribution is 6.01. The Morgan fingerprint density at radius 3 is 2.17 bits per heavy atom. The van der Waals surface area contributed by atoms with Gasteiger partial charge in [-0.3, -0.25) is 14.4 Å². The maximum Gasteiger partial charge on any atom is 0.408 e. The lowest BCUT2D eigenvalue weighted by atomic mass is 9.83. The molecule has 0 spiro atoms. The molecule has 0 fully saturated rings. The number of aromatic hydroxyl groups is 1. The van der Waals surface area contributed by atoms with Crippen molar-refractivity contribution >= 4 is 23.8 Å². The zero-order chi connectivity index (χ0) is 23.3. The maximum absolute atomic E-state index is 12.8. The van der Waals surface area contributed by atoms with Crippen LogP contribution in [0.25, 0.3) is 0 Å². The second-order valence-corrected chi connectivity index (χ2v) is 8.94. The number of phenolic OH excluding ortho intramolecular Hbond substituents is 1. The van der Waals surface area contributed by atoms with E-state index in [2.05, 4.69) is 10.6 Å². The number of alkyl carbamates (subject to hydrolysis) is 1. The number of amides is 2. The van der Waals surface area contributed by atoms with Gasteiger partial charge in [-0.15, -0.1) is 0 Å². The molecule has 1 rings (SSSR count). The predicted molar refractivity (Wildman–Crippen MR) is 109 cm³/mol. The van der Waals surface area contributed by atoms with Gasteiger partial charge >= 0.3 is 12.1 Å². The second kappa shape index (κ2) is 9.60. The average molecular weight is 422 g/mol. The van der Waals surface area contributed by atoms with Crippen LogP contribution in [0.2, 0.25) is 0 Å². The standard InChI is InChI=1S/C21H30N2O7/c1-20(2,3)17(27)14-10-13(24)8-7-12(14)9-15(18(28)22-11-16(25)26)23-19(29)30-21(4,5)6/h7-8,10,15,24H,9,11H2,1-6H3,(H,22,28)(H,23,29)(H,25,26)/t15-/m0/s1. The molecule has 4 N–H and O–H groups in total. The van der Waals surface area contributed by atoms with Gasteiger partial charge < -0.3 is 25.6 Å². The number of nitrogens with one attached hydrogen (secondary N) is 2. The summed E-state index contributed by atoms with van der Waals surface area (Å²) in [7, 11) is 0. The van der Waals surface area contributed by atoms with E-state index < -0.39 is 41.6 Å². The van der Waals surface area contributed by atoms with Gasteiger partial charge in [-0.1, -0.05) is 26.8 Å². The SMILES string of the molecule is CC(C)(C)OC(=O)N[C@@H](Cc1ccc(O)cc1C(=O)C(C)(C)C)C(=O)NCC(=O)O. The quantitative estimate of drug-likeness (QED) is 0.494. The van der Waals surface area contributed by atoms with Gasteiger partial charge in [-0.2, -0.15) is 0 Å².